The number of rotatable bonds is 4. The van der Waals surface area contributed by atoms with Gasteiger partial charge in [0.05, 0.1) is 6.21 Å². The van der Waals surface area contributed by atoms with Gasteiger partial charge in [-0.05, 0) is 37.3 Å². The highest BCUT2D eigenvalue weighted by atomic mass is 16.2. The molecule has 3 rings (SSSR count). The van der Waals surface area contributed by atoms with E-state index >= 15 is 0 Å². The second kappa shape index (κ2) is 6.75. The van der Waals surface area contributed by atoms with Crippen molar-refractivity contribution in [2.75, 3.05) is 0 Å². The number of nitrogens with zero attached hydrogens (tertiary/aromatic N) is 2. The van der Waals surface area contributed by atoms with Crippen molar-refractivity contribution in [1.82, 2.24) is 9.99 Å². The zero-order valence-corrected chi connectivity index (χ0v) is 12.8. The van der Waals surface area contributed by atoms with Crippen molar-refractivity contribution >= 4 is 12.1 Å². The van der Waals surface area contributed by atoms with E-state index in [1.165, 1.54) is 0 Å². The molecule has 0 bridgehead atoms. The van der Waals surface area contributed by atoms with Crippen LogP contribution < -0.4 is 5.43 Å². The lowest BCUT2D eigenvalue weighted by molar-refractivity contribution is 0.0955. The molecule has 0 spiro atoms. The number of aromatic nitrogens is 1. The van der Waals surface area contributed by atoms with Gasteiger partial charge in [-0.3, -0.25) is 4.79 Å². The van der Waals surface area contributed by atoms with Crippen LogP contribution in [0.15, 0.2) is 78.2 Å². The molecule has 114 valence electrons. The monoisotopic (exact) mass is 303 g/mol. The maximum atomic E-state index is 11.9. The van der Waals surface area contributed by atoms with Crippen LogP contribution in [0, 0.1) is 6.92 Å². The van der Waals surface area contributed by atoms with Crippen LogP contribution >= 0.6 is 0 Å². The van der Waals surface area contributed by atoms with Gasteiger partial charge in [-0.15, -0.1) is 0 Å². The number of benzene rings is 2. The van der Waals surface area contributed by atoms with Gasteiger partial charge >= 0.3 is 0 Å². The smallest absolute Gasteiger partial charge is 0.271 e. The van der Waals surface area contributed by atoms with Crippen LogP contribution in [-0.2, 0) is 0 Å². The van der Waals surface area contributed by atoms with Crippen LogP contribution in [0.4, 0.5) is 0 Å². The average Bonchev–Trinajstić information content (AvgIpc) is 3.05. The van der Waals surface area contributed by atoms with E-state index in [2.05, 4.69) is 10.5 Å². The summed E-state index contributed by atoms with van der Waals surface area (Å²) in [6.45, 7) is 1.98. The van der Waals surface area contributed by atoms with Gasteiger partial charge in [0.25, 0.3) is 5.91 Å². The van der Waals surface area contributed by atoms with Crippen LogP contribution in [-0.4, -0.2) is 16.7 Å². The Balaban J connectivity index is 1.63. The van der Waals surface area contributed by atoms with Crippen molar-refractivity contribution in [1.29, 1.82) is 0 Å². The molecule has 0 fully saturated rings. The summed E-state index contributed by atoms with van der Waals surface area (Å²) >= 11 is 0. The number of para-hydroxylation sites is 1. The highest BCUT2D eigenvalue weighted by Gasteiger charge is 2.02. The van der Waals surface area contributed by atoms with E-state index in [9.17, 15) is 4.79 Å². The third-order valence-electron chi connectivity index (χ3n) is 3.46. The summed E-state index contributed by atoms with van der Waals surface area (Å²) in [7, 11) is 0. The standard InChI is InChI=1S/C19H17N3O/c1-15-7-9-17(10-8-15)19(23)21-20-13-16-11-12-22(14-16)18-5-3-2-4-6-18/h2-14H,1H3,(H,21,23)/b20-13-. The zero-order chi connectivity index (χ0) is 16.1. The van der Waals surface area contributed by atoms with E-state index < -0.39 is 0 Å². The van der Waals surface area contributed by atoms with Gasteiger partial charge in [0.2, 0.25) is 0 Å². The van der Waals surface area contributed by atoms with E-state index in [4.69, 9.17) is 0 Å². The minimum atomic E-state index is -0.219. The molecular weight excluding hydrogens is 286 g/mol. The van der Waals surface area contributed by atoms with Gasteiger partial charge in [-0.1, -0.05) is 35.9 Å². The van der Waals surface area contributed by atoms with E-state index in [0.717, 1.165) is 16.8 Å². The third-order valence-corrected chi connectivity index (χ3v) is 3.46. The molecular formula is C19H17N3O. The molecule has 4 nitrogen and oxygen atoms in total. The largest absolute Gasteiger partial charge is 0.323 e. The van der Waals surface area contributed by atoms with E-state index in [0.29, 0.717) is 5.56 Å². The molecule has 0 aliphatic heterocycles. The number of carbonyl (C=O) groups excluding carboxylic acids is 1. The van der Waals surface area contributed by atoms with Crippen molar-refractivity contribution in [3.05, 3.63) is 89.7 Å². The van der Waals surface area contributed by atoms with Crippen molar-refractivity contribution in [2.24, 2.45) is 5.10 Å². The fourth-order valence-corrected chi connectivity index (χ4v) is 2.19. The Morgan fingerprint density at radius 2 is 1.78 bits per heavy atom. The van der Waals surface area contributed by atoms with Gasteiger partial charge in [0, 0.05) is 29.2 Å². The van der Waals surface area contributed by atoms with Crippen molar-refractivity contribution in [3.63, 3.8) is 0 Å². The van der Waals surface area contributed by atoms with E-state index in [1.54, 1.807) is 18.3 Å². The van der Waals surface area contributed by atoms with Gasteiger partial charge in [-0.2, -0.15) is 5.10 Å². The number of hydrazone groups is 1. The molecule has 0 atom stereocenters. The number of carbonyl (C=O) groups is 1. The first kappa shape index (κ1) is 14.8. The summed E-state index contributed by atoms with van der Waals surface area (Å²) < 4.78 is 2.00. The Morgan fingerprint density at radius 1 is 1.04 bits per heavy atom. The normalized spacial score (nSPS) is 10.8. The quantitative estimate of drug-likeness (QED) is 0.581. The van der Waals surface area contributed by atoms with Crippen molar-refractivity contribution in [2.45, 2.75) is 6.92 Å². The van der Waals surface area contributed by atoms with Crippen LogP contribution in [0.3, 0.4) is 0 Å². The molecule has 0 saturated carbocycles. The van der Waals surface area contributed by atoms with E-state index in [1.807, 2.05) is 72.4 Å². The Morgan fingerprint density at radius 3 is 2.52 bits per heavy atom. The minimum absolute atomic E-state index is 0.219. The first-order chi connectivity index (χ1) is 11.2. The fourth-order valence-electron chi connectivity index (χ4n) is 2.19. The average molecular weight is 303 g/mol. The molecule has 1 amide bonds. The Kier molecular flexibility index (Phi) is 4.34. The highest BCUT2D eigenvalue weighted by molar-refractivity contribution is 5.94. The van der Waals surface area contributed by atoms with Crippen molar-refractivity contribution in [3.8, 4) is 5.69 Å². The molecule has 0 aliphatic rings. The molecule has 0 unspecified atom stereocenters. The summed E-state index contributed by atoms with van der Waals surface area (Å²) in [6.07, 6.45) is 5.54. The lowest BCUT2D eigenvalue weighted by atomic mass is 10.1. The fraction of sp³-hybridized carbons (Fsp3) is 0.0526. The Hall–Kier alpha value is -3.14. The summed E-state index contributed by atoms with van der Waals surface area (Å²) in [4.78, 5) is 11.9. The second-order valence-electron chi connectivity index (χ2n) is 5.25. The number of hydrogen-bond donors (Lipinski definition) is 1. The highest BCUT2D eigenvalue weighted by Crippen LogP contribution is 2.09. The predicted molar refractivity (Wildman–Crippen MR) is 92.0 cm³/mol. The molecule has 0 aliphatic carbocycles. The van der Waals surface area contributed by atoms with Crippen LogP contribution in [0.25, 0.3) is 5.69 Å². The molecule has 3 aromatic rings. The molecule has 1 N–H and O–H groups in total. The summed E-state index contributed by atoms with van der Waals surface area (Å²) in [5, 5.41) is 4.01. The minimum Gasteiger partial charge on any atom is -0.323 e. The topological polar surface area (TPSA) is 46.4 Å². The Labute approximate surface area is 135 Å². The number of amides is 1. The number of nitrogens with one attached hydrogen (secondary N) is 1. The lowest BCUT2D eigenvalue weighted by Gasteiger charge is -2.00. The van der Waals surface area contributed by atoms with Gasteiger partial charge in [0.15, 0.2) is 0 Å². The first-order valence-electron chi connectivity index (χ1n) is 7.36. The Bertz CT molecular complexity index is 817. The van der Waals surface area contributed by atoms with Crippen molar-refractivity contribution < 1.29 is 4.79 Å². The summed E-state index contributed by atoms with van der Waals surface area (Å²) in [6, 6.07) is 19.3. The van der Waals surface area contributed by atoms with Gasteiger partial charge in [0.1, 0.15) is 0 Å². The molecule has 1 aromatic heterocycles. The van der Waals surface area contributed by atoms with E-state index in [-0.39, 0.29) is 5.91 Å². The molecule has 0 saturated heterocycles. The first-order valence-corrected chi connectivity index (χ1v) is 7.36. The van der Waals surface area contributed by atoms with Crippen LogP contribution in [0.1, 0.15) is 21.5 Å². The molecule has 4 heteroatoms. The molecule has 0 radical (unpaired) electrons. The number of aryl methyl sites for hydroxylation is 1. The van der Waals surface area contributed by atoms with Gasteiger partial charge in [-0.25, -0.2) is 5.43 Å². The predicted octanol–water partition coefficient (Wildman–Crippen LogP) is 3.55. The maximum absolute atomic E-state index is 11.9. The molecule has 2 aromatic carbocycles. The second-order valence-corrected chi connectivity index (χ2v) is 5.25. The summed E-state index contributed by atoms with van der Waals surface area (Å²) in [5.41, 5.74) is 6.24. The molecule has 1 heterocycles. The van der Waals surface area contributed by atoms with Crippen LogP contribution in [0.2, 0.25) is 0 Å². The zero-order valence-electron chi connectivity index (χ0n) is 12.8. The third kappa shape index (κ3) is 3.74. The van der Waals surface area contributed by atoms with Gasteiger partial charge < -0.3 is 4.57 Å². The lowest BCUT2D eigenvalue weighted by Crippen LogP contribution is -2.17. The number of hydrogen-bond acceptors (Lipinski definition) is 2. The summed E-state index contributed by atoms with van der Waals surface area (Å²) in [5.74, 6) is -0.219. The molecule has 23 heavy (non-hydrogen) atoms. The van der Waals surface area contributed by atoms with Crippen LogP contribution in [0.5, 0.6) is 0 Å². The SMILES string of the molecule is Cc1ccc(C(=O)N/N=C\c2ccn(-c3ccccc3)c2)cc1. The maximum Gasteiger partial charge on any atom is 0.271 e.